The van der Waals surface area contributed by atoms with Crippen LogP contribution >= 0.6 is 11.6 Å². The highest BCUT2D eigenvalue weighted by atomic mass is 35.5. The first kappa shape index (κ1) is 14.5. The topological polar surface area (TPSA) is 26.0 Å². The molecule has 0 aromatic heterocycles. The van der Waals surface area contributed by atoms with Gasteiger partial charge < -0.3 is 5.73 Å². The Morgan fingerprint density at radius 1 is 1.35 bits per heavy atom. The zero-order chi connectivity index (χ0) is 13.1. The second-order valence-electron chi connectivity index (χ2n) is 5.56. The van der Waals surface area contributed by atoms with Crippen molar-refractivity contribution in [3.63, 3.8) is 0 Å². The Morgan fingerprint density at radius 3 is 2.53 bits per heavy atom. The zero-order valence-corrected chi connectivity index (χ0v) is 11.5. The molecule has 2 N–H and O–H groups in total. The summed E-state index contributed by atoms with van der Waals surface area (Å²) >= 11 is 5.96. The van der Waals surface area contributed by atoms with Gasteiger partial charge in [0, 0.05) is 16.6 Å². The van der Waals surface area contributed by atoms with E-state index in [1.807, 2.05) is 0 Å². The summed E-state index contributed by atoms with van der Waals surface area (Å²) < 4.78 is 13.5. The second-order valence-corrected chi connectivity index (χ2v) is 5.97. The maximum Gasteiger partial charge on any atom is 0.127 e. The molecule has 1 aromatic rings. The maximum atomic E-state index is 13.5. The van der Waals surface area contributed by atoms with Crippen molar-refractivity contribution in [2.45, 2.75) is 46.1 Å². The third-order valence-corrected chi connectivity index (χ3v) is 3.47. The summed E-state index contributed by atoms with van der Waals surface area (Å²) in [6, 6.07) is 4.93. The average molecular weight is 258 g/mol. The van der Waals surface area contributed by atoms with Gasteiger partial charge in [0.05, 0.1) is 0 Å². The summed E-state index contributed by atoms with van der Waals surface area (Å²) in [5, 5.41) is 0.509. The highest BCUT2D eigenvalue weighted by Crippen LogP contribution is 2.24. The fourth-order valence-corrected chi connectivity index (χ4v) is 1.96. The van der Waals surface area contributed by atoms with Crippen molar-refractivity contribution in [1.82, 2.24) is 0 Å². The molecule has 96 valence electrons. The van der Waals surface area contributed by atoms with E-state index in [4.69, 9.17) is 17.3 Å². The smallest absolute Gasteiger partial charge is 0.127 e. The van der Waals surface area contributed by atoms with Gasteiger partial charge in [-0.2, -0.15) is 0 Å². The molecular weight excluding hydrogens is 237 g/mol. The number of hydrogen-bond acceptors (Lipinski definition) is 1. The normalized spacial score (nSPS) is 13.8. The van der Waals surface area contributed by atoms with Gasteiger partial charge in [-0.15, -0.1) is 0 Å². The van der Waals surface area contributed by atoms with E-state index in [0.29, 0.717) is 17.0 Å². The van der Waals surface area contributed by atoms with Crippen LogP contribution < -0.4 is 5.73 Å². The van der Waals surface area contributed by atoms with Gasteiger partial charge in [0.1, 0.15) is 5.82 Å². The number of rotatable bonds is 4. The Hall–Kier alpha value is -0.600. The van der Waals surface area contributed by atoms with E-state index < -0.39 is 0 Å². The average Bonchev–Trinajstić information content (AvgIpc) is 2.20. The first-order valence-electron chi connectivity index (χ1n) is 6.01. The molecule has 0 aliphatic rings. The molecule has 0 aliphatic carbocycles. The molecule has 0 aliphatic heterocycles. The van der Waals surface area contributed by atoms with E-state index in [1.165, 1.54) is 6.07 Å². The van der Waals surface area contributed by atoms with Crippen LogP contribution in [0.4, 0.5) is 4.39 Å². The fraction of sp³-hybridized carbons (Fsp3) is 0.571. The second kappa shape index (κ2) is 5.83. The van der Waals surface area contributed by atoms with E-state index in [2.05, 4.69) is 20.8 Å². The number of hydrogen-bond donors (Lipinski definition) is 1. The Kier molecular flexibility index (Phi) is 4.96. The van der Waals surface area contributed by atoms with Crippen molar-refractivity contribution >= 4 is 11.6 Å². The predicted molar refractivity (Wildman–Crippen MR) is 71.8 cm³/mol. The quantitative estimate of drug-likeness (QED) is 0.861. The first-order valence-corrected chi connectivity index (χ1v) is 6.38. The molecule has 1 nitrogen and oxygen atoms in total. The molecule has 0 fully saturated rings. The van der Waals surface area contributed by atoms with Crippen LogP contribution in [0.1, 0.15) is 39.2 Å². The molecule has 3 heteroatoms. The lowest BCUT2D eigenvalue weighted by molar-refractivity contribution is 0.301. The molecule has 0 spiro atoms. The standard InChI is InChI=1S/C14H21ClFN/c1-14(2,3)13(17)9-4-6-10-11(15)7-5-8-12(10)16/h5,7-8,13H,4,6,9,17H2,1-3H3. The minimum Gasteiger partial charge on any atom is -0.327 e. The summed E-state index contributed by atoms with van der Waals surface area (Å²) in [6.07, 6.45) is 2.39. The zero-order valence-electron chi connectivity index (χ0n) is 10.8. The molecule has 1 atom stereocenters. The van der Waals surface area contributed by atoms with Gasteiger partial charge in [-0.05, 0) is 36.8 Å². The molecule has 0 radical (unpaired) electrons. The monoisotopic (exact) mass is 257 g/mol. The molecule has 0 amide bonds. The van der Waals surface area contributed by atoms with E-state index in [-0.39, 0.29) is 17.3 Å². The van der Waals surface area contributed by atoms with E-state index in [0.717, 1.165) is 12.8 Å². The summed E-state index contributed by atoms with van der Waals surface area (Å²) in [7, 11) is 0. The van der Waals surface area contributed by atoms with E-state index in [9.17, 15) is 4.39 Å². The Bertz CT molecular complexity index is 351. The minimum absolute atomic E-state index is 0.0963. The highest BCUT2D eigenvalue weighted by molar-refractivity contribution is 6.31. The van der Waals surface area contributed by atoms with Crippen LogP contribution in [0, 0.1) is 11.2 Å². The molecule has 0 saturated carbocycles. The Balaban J connectivity index is 2.52. The Morgan fingerprint density at radius 2 is 2.00 bits per heavy atom. The SMILES string of the molecule is CC(C)(C)C(N)CCCc1c(F)cccc1Cl. The van der Waals surface area contributed by atoms with Gasteiger partial charge in [0.2, 0.25) is 0 Å². The van der Waals surface area contributed by atoms with Crippen molar-refractivity contribution in [2.24, 2.45) is 11.1 Å². The summed E-state index contributed by atoms with van der Waals surface area (Å²) in [5.74, 6) is -0.221. The van der Waals surface area contributed by atoms with Crippen LogP contribution in [0.25, 0.3) is 0 Å². The van der Waals surface area contributed by atoms with E-state index in [1.54, 1.807) is 12.1 Å². The van der Waals surface area contributed by atoms with Crippen molar-refractivity contribution in [1.29, 1.82) is 0 Å². The molecule has 1 unspecified atom stereocenters. The maximum absolute atomic E-state index is 13.5. The lowest BCUT2D eigenvalue weighted by Gasteiger charge is -2.27. The van der Waals surface area contributed by atoms with Gasteiger partial charge >= 0.3 is 0 Å². The number of halogens is 2. The van der Waals surface area contributed by atoms with Crippen molar-refractivity contribution in [2.75, 3.05) is 0 Å². The highest BCUT2D eigenvalue weighted by Gasteiger charge is 2.20. The molecule has 0 bridgehead atoms. The van der Waals surface area contributed by atoms with Crippen LogP contribution in [-0.2, 0) is 6.42 Å². The van der Waals surface area contributed by atoms with E-state index >= 15 is 0 Å². The molecule has 0 saturated heterocycles. The largest absolute Gasteiger partial charge is 0.327 e. The first-order chi connectivity index (χ1) is 7.82. The van der Waals surface area contributed by atoms with Crippen LogP contribution in [0.15, 0.2) is 18.2 Å². The van der Waals surface area contributed by atoms with Crippen LogP contribution in [0.2, 0.25) is 5.02 Å². The van der Waals surface area contributed by atoms with Gasteiger partial charge in [0.25, 0.3) is 0 Å². The summed E-state index contributed by atoms with van der Waals surface area (Å²) in [4.78, 5) is 0. The number of benzene rings is 1. The van der Waals surface area contributed by atoms with Crippen LogP contribution in [-0.4, -0.2) is 6.04 Å². The van der Waals surface area contributed by atoms with Crippen LogP contribution in [0.3, 0.4) is 0 Å². The lowest BCUT2D eigenvalue weighted by Crippen LogP contribution is -2.34. The van der Waals surface area contributed by atoms with Crippen LogP contribution in [0.5, 0.6) is 0 Å². The molecule has 0 heterocycles. The van der Waals surface area contributed by atoms with Crippen molar-refractivity contribution in [3.8, 4) is 0 Å². The van der Waals surface area contributed by atoms with Crippen molar-refractivity contribution in [3.05, 3.63) is 34.6 Å². The molecular formula is C14H21ClFN. The lowest BCUT2D eigenvalue weighted by atomic mass is 9.84. The summed E-state index contributed by atoms with van der Waals surface area (Å²) in [5.41, 5.74) is 6.77. The van der Waals surface area contributed by atoms with Gasteiger partial charge in [-0.1, -0.05) is 38.4 Å². The fourth-order valence-electron chi connectivity index (χ4n) is 1.70. The van der Waals surface area contributed by atoms with Gasteiger partial charge in [-0.3, -0.25) is 0 Å². The van der Waals surface area contributed by atoms with Gasteiger partial charge in [0.15, 0.2) is 0 Å². The molecule has 1 aromatic carbocycles. The third-order valence-electron chi connectivity index (χ3n) is 3.12. The third kappa shape index (κ3) is 4.29. The number of nitrogens with two attached hydrogens (primary N) is 1. The predicted octanol–water partition coefficient (Wildman–Crippen LogP) is 4.18. The molecule has 1 rings (SSSR count). The minimum atomic E-state index is -0.221. The molecule has 17 heavy (non-hydrogen) atoms. The van der Waals surface area contributed by atoms with Crippen molar-refractivity contribution < 1.29 is 4.39 Å². The van der Waals surface area contributed by atoms with Gasteiger partial charge in [-0.25, -0.2) is 4.39 Å². The summed E-state index contributed by atoms with van der Waals surface area (Å²) in [6.45, 7) is 6.36. The Labute approximate surface area is 108 Å².